The van der Waals surface area contributed by atoms with Crippen LogP contribution in [0.5, 0.6) is 0 Å². The van der Waals surface area contributed by atoms with Gasteiger partial charge >= 0.3 is 5.97 Å². The maximum absolute atomic E-state index is 13.5. The van der Waals surface area contributed by atoms with Crippen molar-refractivity contribution in [2.75, 3.05) is 6.54 Å². The third-order valence-electron chi connectivity index (χ3n) is 6.72. The van der Waals surface area contributed by atoms with Gasteiger partial charge in [0, 0.05) is 24.6 Å². The van der Waals surface area contributed by atoms with Gasteiger partial charge in [-0.25, -0.2) is 4.79 Å². The van der Waals surface area contributed by atoms with Gasteiger partial charge in [-0.15, -0.1) is 0 Å². The minimum atomic E-state index is -0.908. The third kappa shape index (κ3) is 11.7. The zero-order chi connectivity index (χ0) is 30.5. The first kappa shape index (κ1) is 33.5. The monoisotopic (exact) mass is 571 g/mol. The Labute approximate surface area is 242 Å². The van der Waals surface area contributed by atoms with E-state index in [1.807, 2.05) is 44.2 Å². The molecular formula is C30H45N5O6. The van der Waals surface area contributed by atoms with Crippen molar-refractivity contribution in [2.45, 2.75) is 84.7 Å². The molecule has 1 heterocycles. The fourth-order valence-corrected chi connectivity index (χ4v) is 4.40. The second kappa shape index (κ2) is 16.5. The SMILES string of the molecule is CC(C)C[C@H](NC(=O)[C@@H](NC(=O)[C@H](C)N)C(C)C)C(=O)N[C@H](/C=C/C(=O)OCc1ccccc1)C[C@@H]1CCNC1=O. The van der Waals surface area contributed by atoms with Crippen molar-refractivity contribution in [3.63, 3.8) is 0 Å². The van der Waals surface area contributed by atoms with E-state index in [9.17, 15) is 24.0 Å². The van der Waals surface area contributed by atoms with Crippen LogP contribution in [0.15, 0.2) is 42.5 Å². The predicted molar refractivity (Wildman–Crippen MR) is 155 cm³/mol. The maximum atomic E-state index is 13.5. The Bertz CT molecular complexity index is 1070. The van der Waals surface area contributed by atoms with Crippen LogP contribution in [0.1, 0.15) is 59.4 Å². The molecule has 1 saturated heterocycles. The number of hydrogen-bond donors (Lipinski definition) is 5. The van der Waals surface area contributed by atoms with Crippen molar-refractivity contribution in [1.29, 1.82) is 0 Å². The van der Waals surface area contributed by atoms with E-state index in [-0.39, 0.29) is 36.7 Å². The maximum Gasteiger partial charge on any atom is 0.330 e. The van der Waals surface area contributed by atoms with Crippen molar-refractivity contribution in [2.24, 2.45) is 23.5 Å². The second-order valence-corrected chi connectivity index (χ2v) is 11.3. The van der Waals surface area contributed by atoms with Crippen LogP contribution in [0, 0.1) is 17.8 Å². The highest BCUT2D eigenvalue weighted by Gasteiger charge is 2.32. The molecule has 1 aromatic rings. The van der Waals surface area contributed by atoms with Crippen LogP contribution in [-0.4, -0.2) is 60.3 Å². The number of carbonyl (C=O) groups is 5. The number of ether oxygens (including phenoxy) is 1. The number of rotatable bonds is 15. The van der Waals surface area contributed by atoms with E-state index >= 15 is 0 Å². The van der Waals surface area contributed by atoms with Gasteiger partial charge in [0.25, 0.3) is 0 Å². The van der Waals surface area contributed by atoms with Gasteiger partial charge < -0.3 is 31.7 Å². The molecule has 0 bridgehead atoms. The number of carbonyl (C=O) groups excluding carboxylic acids is 5. The molecule has 0 radical (unpaired) electrons. The summed E-state index contributed by atoms with van der Waals surface area (Å²) in [5, 5.41) is 11.1. The molecule has 0 spiro atoms. The van der Waals surface area contributed by atoms with Crippen LogP contribution in [0.4, 0.5) is 0 Å². The molecule has 0 unspecified atom stereocenters. The van der Waals surface area contributed by atoms with E-state index in [0.717, 1.165) is 5.56 Å². The molecule has 1 aliphatic rings. The smallest absolute Gasteiger partial charge is 0.330 e. The van der Waals surface area contributed by atoms with E-state index < -0.39 is 47.9 Å². The standard InChI is InChI=1S/C30H45N5O6/c1-18(2)15-24(34-30(40)26(19(3)4)35-27(37)20(5)31)29(39)33-23(16-22-13-14-32-28(22)38)11-12-25(36)41-17-21-9-7-6-8-10-21/h6-12,18-20,22-24,26H,13-17,31H2,1-5H3,(H,32,38)(H,33,39)(H,34,40)(H,35,37)/b12-11+/t20-,22-,23+,24-,26-/m0/s1. The summed E-state index contributed by atoms with van der Waals surface area (Å²) in [4.78, 5) is 63.5. The Morgan fingerprint density at radius 2 is 1.68 bits per heavy atom. The van der Waals surface area contributed by atoms with E-state index in [4.69, 9.17) is 10.5 Å². The molecule has 41 heavy (non-hydrogen) atoms. The molecule has 11 heteroatoms. The first-order valence-electron chi connectivity index (χ1n) is 14.2. The lowest BCUT2D eigenvalue weighted by Gasteiger charge is -2.28. The highest BCUT2D eigenvalue weighted by Crippen LogP contribution is 2.18. The number of hydrogen-bond acceptors (Lipinski definition) is 7. The Balaban J connectivity index is 2.15. The topological polar surface area (TPSA) is 169 Å². The summed E-state index contributed by atoms with van der Waals surface area (Å²) in [7, 11) is 0. The van der Waals surface area contributed by atoms with Crippen molar-refractivity contribution in [3.8, 4) is 0 Å². The highest BCUT2D eigenvalue weighted by atomic mass is 16.5. The average molecular weight is 572 g/mol. The summed E-state index contributed by atoms with van der Waals surface area (Å²) < 4.78 is 5.31. The molecule has 6 N–H and O–H groups in total. The van der Waals surface area contributed by atoms with Crippen molar-refractivity contribution in [3.05, 3.63) is 48.0 Å². The summed E-state index contributed by atoms with van der Waals surface area (Å²) in [6.45, 7) is 9.59. The van der Waals surface area contributed by atoms with Gasteiger partial charge in [-0.05, 0) is 43.6 Å². The van der Waals surface area contributed by atoms with Crippen LogP contribution in [0.3, 0.4) is 0 Å². The van der Waals surface area contributed by atoms with Gasteiger partial charge in [0.2, 0.25) is 23.6 Å². The summed E-state index contributed by atoms with van der Waals surface area (Å²) in [6.07, 6.45) is 3.99. The molecule has 1 aliphatic heterocycles. The highest BCUT2D eigenvalue weighted by molar-refractivity contribution is 5.93. The molecular weight excluding hydrogens is 526 g/mol. The van der Waals surface area contributed by atoms with Crippen molar-refractivity contribution >= 4 is 29.6 Å². The second-order valence-electron chi connectivity index (χ2n) is 11.3. The minimum Gasteiger partial charge on any atom is -0.458 e. The Hall–Kier alpha value is -3.73. The summed E-state index contributed by atoms with van der Waals surface area (Å²) in [5.74, 6) is -2.64. The van der Waals surface area contributed by atoms with Crippen LogP contribution in [0.2, 0.25) is 0 Å². The van der Waals surface area contributed by atoms with Crippen molar-refractivity contribution < 1.29 is 28.7 Å². The molecule has 1 aromatic carbocycles. The molecule has 226 valence electrons. The van der Waals surface area contributed by atoms with Gasteiger partial charge in [0.05, 0.1) is 6.04 Å². The van der Waals surface area contributed by atoms with Crippen LogP contribution < -0.4 is 27.0 Å². The molecule has 5 atom stereocenters. The molecule has 0 aromatic heterocycles. The quantitative estimate of drug-likeness (QED) is 0.156. The fraction of sp³-hybridized carbons (Fsp3) is 0.567. The number of amides is 4. The van der Waals surface area contributed by atoms with Crippen LogP contribution in [-0.2, 0) is 35.3 Å². The van der Waals surface area contributed by atoms with Gasteiger partial charge in [0.1, 0.15) is 18.7 Å². The lowest BCUT2D eigenvalue weighted by Crippen LogP contribution is -2.57. The lowest BCUT2D eigenvalue weighted by molar-refractivity contribution is -0.139. The number of benzene rings is 1. The fourth-order valence-electron chi connectivity index (χ4n) is 4.40. The van der Waals surface area contributed by atoms with Crippen LogP contribution >= 0.6 is 0 Å². The van der Waals surface area contributed by atoms with E-state index in [1.165, 1.54) is 19.1 Å². The first-order chi connectivity index (χ1) is 19.4. The number of nitrogens with one attached hydrogen (secondary N) is 4. The lowest BCUT2D eigenvalue weighted by atomic mass is 9.96. The Kier molecular flexibility index (Phi) is 13.5. The molecule has 11 nitrogen and oxygen atoms in total. The summed E-state index contributed by atoms with van der Waals surface area (Å²) >= 11 is 0. The molecule has 4 amide bonds. The Morgan fingerprint density at radius 3 is 2.24 bits per heavy atom. The summed E-state index contributed by atoms with van der Waals surface area (Å²) in [6, 6.07) is 6.00. The molecule has 0 saturated carbocycles. The van der Waals surface area contributed by atoms with E-state index in [0.29, 0.717) is 19.4 Å². The number of nitrogens with two attached hydrogens (primary N) is 1. The van der Waals surface area contributed by atoms with Crippen molar-refractivity contribution in [1.82, 2.24) is 21.3 Å². The van der Waals surface area contributed by atoms with Gasteiger partial charge in [-0.2, -0.15) is 0 Å². The van der Waals surface area contributed by atoms with Crippen LogP contribution in [0.25, 0.3) is 0 Å². The normalized spacial score (nSPS) is 18.0. The first-order valence-corrected chi connectivity index (χ1v) is 14.2. The number of esters is 1. The zero-order valence-corrected chi connectivity index (χ0v) is 24.6. The summed E-state index contributed by atoms with van der Waals surface area (Å²) in [5.41, 5.74) is 6.49. The predicted octanol–water partition coefficient (Wildman–Crippen LogP) is 1.32. The molecule has 1 fully saturated rings. The van der Waals surface area contributed by atoms with Gasteiger partial charge in [0.15, 0.2) is 0 Å². The van der Waals surface area contributed by atoms with Gasteiger partial charge in [-0.3, -0.25) is 19.2 Å². The average Bonchev–Trinajstić information content (AvgIpc) is 3.32. The zero-order valence-electron chi connectivity index (χ0n) is 24.6. The third-order valence-corrected chi connectivity index (χ3v) is 6.72. The molecule has 0 aliphatic carbocycles. The molecule has 2 rings (SSSR count). The van der Waals surface area contributed by atoms with Gasteiger partial charge in [-0.1, -0.05) is 64.1 Å². The Morgan fingerprint density at radius 1 is 1.00 bits per heavy atom. The minimum absolute atomic E-state index is 0.0600. The van der Waals surface area contributed by atoms with E-state index in [1.54, 1.807) is 13.8 Å². The largest absolute Gasteiger partial charge is 0.458 e. The van der Waals surface area contributed by atoms with E-state index in [2.05, 4.69) is 21.3 Å².